The smallest absolute Gasteiger partial charge is 0.231 e. The molecule has 2 rings (SSSR count). The summed E-state index contributed by atoms with van der Waals surface area (Å²) in [4.78, 5) is 10.3. The van der Waals surface area contributed by atoms with E-state index in [0.717, 1.165) is 0 Å². The molecular weight excluding hydrogens is 212 g/mol. The van der Waals surface area contributed by atoms with Crippen LogP contribution < -0.4 is 14.2 Å². The summed E-state index contributed by atoms with van der Waals surface area (Å²) in [5, 5.41) is 9.69. The molecule has 0 saturated heterocycles. The Kier molecular flexibility index (Phi) is 2.96. The number of fused-ring (bicyclic) bond motifs is 1. The monoisotopic (exact) mass is 224 g/mol. The number of ether oxygens (including phenoxy) is 3. The minimum absolute atomic E-state index is 0.0444. The topological polar surface area (TPSA) is 65.0 Å². The van der Waals surface area contributed by atoms with E-state index < -0.39 is 6.10 Å². The van der Waals surface area contributed by atoms with Gasteiger partial charge in [0.2, 0.25) is 12.5 Å². The van der Waals surface area contributed by atoms with Crippen LogP contribution in [0, 0.1) is 0 Å². The lowest BCUT2D eigenvalue weighted by Crippen LogP contribution is -1.99. The molecule has 1 aliphatic heterocycles. The molecular formula is C11H12O5. The summed E-state index contributed by atoms with van der Waals surface area (Å²) in [7, 11) is 1.51. The molecule has 0 aromatic heterocycles. The summed E-state index contributed by atoms with van der Waals surface area (Å²) in [5.41, 5.74) is 0.577. The van der Waals surface area contributed by atoms with Gasteiger partial charge in [-0.25, -0.2) is 0 Å². The molecule has 1 unspecified atom stereocenters. The zero-order chi connectivity index (χ0) is 11.5. The third kappa shape index (κ3) is 1.81. The molecule has 5 heteroatoms. The second-order valence-electron chi connectivity index (χ2n) is 3.38. The van der Waals surface area contributed by atoms with Crippen LogP contribution in [0.25, 0.3) is 0 Å². The average molecular weight is 224 g/mol. The molecule has 0 amide bonds. The first-order valence-corrected chi connectivity index (χ1v) is 4.85. The Morgan fingerprint density at radius 1 is 1.56 bits per heavy atom. The molecule has 0 aliphatic carbocycles. The number of aldehydes is 1. The standard InChI is InChI=1S/C11H12O5/c1-14-9-4-7(8(13)2-3-12)5-10-11(9)16-6-15-10/h3-5,8,13H,2,6H2,1H3. The molecule has 1 heterocycles. The van der Waals surface area contributed by atoms with Gasteiger partial charge in [-0.15, -0.1) is 0 Å². The van der Waals surface area contributed by atoms with Crippen molar-refractivity contribution in [2.45, 2.75) is 12.5 Å². The highest BCUT2D eigenvalue weighted by Crippen LogP contribution is 2.43. The van der Waals surface area contributed by atoms with E-state index in [9.17, 15) is 9.90 Å². The maximum Gasteiger partial charge on any atom is 0.231 e. The summed E-state index contributed by atoms with van der Waals surface area (Å²) in [6.07, 6.45) is -0.134. The summed E-state index contributed by atoms with van der Waals surface area (Å²) >= 11 is 0. The van der Waals surface area contributed by atoms with Gasteiger partial charge < -0.3 is 24.1 Å². The van der Waals surface area contributed by atoms with Gasteiger partial charge in [0.05, 0.1) is 13.2 Å². The quantitative estimate of drug-likeness (QED) is 0.774. The molecule has 1 aromatic carbocycles. The second-order valence-corrected chi connectivity index (χ2v) is 3.38. The summed E-state index contributed by atoms with van der Waals surface area (Å²) in [5.74, 6) is 1.55. The van der Waals surface area contributed by atoms with Crippen molar-refractivity contribution in [3.63, 3.8) is 0 Å². The Morgan fingerprint density at radius 2 is 2.38 bits per heavy atom. The Hall–Kier alpha value is -1.75. The van der Waals surface area contributed by atoms with Crippen LogP contribution in [-0.4, -0.2) is 25.3 Å². The molecule has 1 aromatic rings. The number of aliphatic hydroxyl groups is 1. The van der Waals surface area contributed by atoms with Gasteiger partial charge in [-0.1, -0.05) is 0 Å². The van der Waals surface area contributed by atoms with Crippen LogP contribution in [0.2, 0.25) is 0 Å². The van der Waals surface area contributed by atoms with E-state index in [2.05, 4.69) is 0 Å². The van der Waals surface area contributed by atoms with Crippen molar-refractivity contribution in [3.8, 4) is 17.2 Å². The first kappa shape index (κ1) is 10.8. The molecule has 0 spiro atoms. The number of aliphatic hydroxyl groups excluding tert-OH is 1. The van der Waals surface area contributed by atoms with Gasteiger partial charge >= 0.3 is 0 Å². The van der Waals surface area contributed by atoms with Gasteiger partial charge in [-0.3, -0.25) is 0 Å². The summed E-state index contributed by atoms with van der Waals surface area (Å²) in [6.45, 7) is 0.138. The average Bonchev–Trinajstić information content (AvgIpc) is 2.75. The third-order valence-corrected chi connectivity index (χ3v) is 2.38. The molecule has 1 aliphatic rings. The molecule has 16 heavy (non-hydrogen) atoms. The van der Waals surface area contributed by atoms with Crippen molar-refractivity contribution in [2.75, 3.05) is 13.9 Å². The normalized spacial score (nSPS) is 14.6. The first-order valence-electron chi connectivity index (χ1n) is 4.85. The Bertz CT molecular complexity index is 402. The van der Waals surface area contributed by atoms with E-state index in [-0.39, 0.29) is 13.2 Å². The highest BCUT2D eigenvalue weighted by atomic mass is 16.7. The molecule has 0 fully saturated rings. The fourth-order valence-corrected chi connectivity index (χ4v) is 1.57. The summed E-state index contributed by atoms with van der Waals surface area (Å²) in [6, 6.07) is 3.29. The molecule has 0 bridgehead atoms. The van der Waals surface area contributed by atoms with Crippen molar-refractivity contribution in [1.82, 2.24) is 0 Å². The maximum absolute atomic E-state index is 10.3. The number of carbonyl (C=O) groups is 1. The minimum Gasteiger partial charge on any atom is -0.493 e. The maximum atomic E-state index is 10.3. The highest BCUT2D eigenvalue weighted by Gasteiger charge is 2.22. The molecule has 86 valence electrons. The molecule has 5 nitrogen and oxygen atoms in total. The van der Waals surface area contributed by atoms with Gasteiger partial charge in [-0.05, 0) is 17.7 Å². The van der Waals surface area contributed by atoms with Crippen LogP contribution >= 0.6 is 0 Å². The van der Waals surface area contributed by atoms with E-state index in [4.69, 9.17) is 14.2 Å². The van der Waals surface area contributed by atoms with E-state index in [0.29, 0.717) is 29.1 Å². The Morgan fingerprint density at radius 3 is 3.06 bits per heavy atom. The predicted molar refractivity (Wildman–Crippen MR) is 54.8 cm³/mol. The van der Waals surface area contributed by atoms with Crippen LogP contribution in [-0.2, 0) is 4.79 Å². The Labute approximate surface area is 92.5 Å². The van der Waals surface area contributed by atoms with Gasteiger partial charge in [0.15, 0.2) is 11.5 Å². The van der Waals surface area contributed by atoms with Crippen molar-refractivity contribution in [1.29, 1.82) is 0 Å². The number of carbonyl (C=O) groups excluding carboxylic acids is 1. The highest BCUT2D eigenvalue weighted by molar-refractivity contribution is 5.57. The fourth-order valence-electron chi connectivity index (χ4n) is 1.57. The lowest BCUT2D eigenvalue weighted by molar-refractivity contribution is -0.109. The zero-order valence-corrected chi connectivity index (χ0v) is 8.80. The van der Waals surface area contributed by atoms with E-state index in [1.807, 2.05) is 0 Å². The predicted octanol–water partition coefficient (Wildman–Crippen LogP) is 1.05. The van der Waals surface area contributed by atoms with Crippen LogP contribution in [0.4, 0.5) is 0 Å². The number of benzene rings is 1. The van der Waals surface area contributed by atoms with Crippen molar-refractivity contribution >= 4 is 6.29 Å². The SMILES string of the molecule is COc1cc(C(O)CC=O)cc2c1OCO2. The second kappa shape index (κ2) is 4.40. The molecule has 1 N–H and O–H groups in total. The lowest BCUT2D eigenvalue weighted by Gasteiger charge is -2.11. The van der Waals surface area contributed by atoms with Gasteiger partial charge in [0.25, 0.3) is 0 Å². The fraction of sp³-hybridized carbons (Fsp3) is 0.364. The molecule has 1 atom stereocenters. The molecule has 0 radical (unpaired) electrons. The Balaban J connectivity index is 2.37. The molecule has 0 saturated carbocycles. The van der Waals surface area contributed by atoms with Crippen LogP contribution in [0.15, 0.2) is 12.1 Å². The number of rotatable bonds is 4. The van der Waals surface area contributed by atoms with E-state index >= 15 is 0 Å². The third-order valence-electron chi connectivity index (χ3n) is 2.38. The van der Waals surface area contributed by atoms with Gasteiger partial charge in [0.1, 0.15) is 6.29 Å². The van der Waals surface area contributed by atoms with Crippen LogP contribution in [0.3, 0.4) is 0 Å². The first-order chi connectivity index (χ1) is 7.76. The van der Waals surface area contributed by atoms with E-state index in [1.54, 1.807) is 12.1 Å². The number of hydrogen-bond acceptors (Lipinski definition) is 5. The van der Waals surface area contributed by atoms with Crippen LogP contribution in [0.5, 0.6) is 17.2 Å². The lowest BCUT2D eigenvalue weighted by atomic mass is 10.1. The largest absolute Gasteiger partial charge is 0.493 e. The summed E-state index contributed by atoms with van der Waals surface area (Å²) < 4.78 is 15.5. The van der Waals surface area contributed by atoms with E-state index in [1.165, 1.54) is 7.11 Å². The van der Waals surface area contributed by atoms with Crippen molar-refractivity contribution in [2.24, 2.45) is 0 Å². The van der Waals surface area contributed by atoms with Crippen molar-refractivity contribution in [3.05, 3.63) is 17.7 Å². The van der Waals surface area contributed by atoms with Gasteiger partial charge in [-0.2, -0.15) is 0 Å². The minimum atomic E-state index is -0.846. The number of hydrogen-bond donors (Lipinski definition) is 1. The van der Waals surface area contributed by atoms with Gasteiger partial charge in [0, 0.05) is 6.42 Å². The van der Waals surface area contributed by atoms with Crippen molar-refractivity contribution < 1.29 is 24.1 Å². The number of methoxy groups -OCH3 is 1. The zero-order valence-electron chi connectivity index (χ0n) is 8.80. The van der Waals surface area contributed by atoms with Crippen LogP contribution in [0.1, 0.15) is 18.1 Å².